The molecule has 4 atom stereocenters. The number of amides is 1. The van der Waals surface area contributed by atoms with Crippen molar-refractivity contribution in [3.05, 3.63) is 52.1 Å². The molecule has 1 aromatic heterocycles. The van der Waals surface area contributed by atoms with Crippen LogP contribution in [0.1, 0.15) is 24.0 Å². The van der Waals surface area contributed by atoms with Crippen LogP contribution in [0.4, 0.5) is 20.3 Å². The standard InChI is InChI=1S/C28H31ClF2N4O7/c1-32-27-21(33-14-42-23-13-40-25-22(37)12-39-26(23)25)10-18(29)28(34-27)41-11-17-19(30)8-16(9-20(17)31)15-2-5-35(6-3-15)24(38)4-7-36/h2,8-10,22-23,25-26,33,36-37H,1,3-7,11-14H2/t22-,23-,25-,26-/m1/s1. The molecule has 0 saturated carbocycles. The molecule has 5 rings (SSSR count). The quantitative estimate of drug-likeness (QED) is 0.260. The van der Waals surface area contributed by atoms with Crippen molar-refractivity contribution in [2.45, 2.75) is 43.9 Å². The van der Waals surface area contributed by atoms with Gasteiger partial charge in [0.15, 0.2) is 5.82 Å². The number of hydrogen-bond donors (Lipinski definition) is 3. The van der Waals surface area contributed by atoms with Crippen molar-refractivity contribution in [3.8, 4) is 5.88 Å². The Labute approximate surface area is 245 Å². The molecule has 2 fully saturated rings. The summed E-state index contributed by atoms with van der Waals surface area (Å²) in [5.41, 5.74) is 1.20. The van der Waals surface area contributed by atoms with Crippen molar-refractivity contribution in [3.63, 3.8) is 0 Å². The Morgan fingerprint density at radius 1 is 1.24 bits per heavy atom. The Bertz CT molecular complexity index is 1340. The minimum Gasteiger partial charge on any atom is -0.471 e. The largest absolute Gasteiger partial charge is 0.471 e. The number of nitrogens with zero attached hydrogens (tertiary/aromatic N) is 3. The molecule has 0 bridgehead atoms. The summed E-state index contributed by atoms with van der Waals surface area (Å²) in [5, 5.41) is 21.9. The number of ether oxygens (including phenoxy) is 4. The zero-order valence-corrected chi connectivity index (χ0v) is 23.4. The molecule has 4 heterocycles. The van der Waals surface area contributed by atoms with E-state index >= 15 is 0 Å². The summed E-state index contributed by atoms with van der Waals surface area (Å²) in [5.74, 6) is -1.71. The molecule has 3 aliphatic heterocycles. The first-order valence-electron chi connectivity index (χ1n) is 13.4. The molecule has 3 aliphatic rings. The molecule has 3 N–H and O–H groups in total. The summed E-state index contributed by atoms with van der Waals surface area (Å²) in [4.78, 5) is 21.6. The molecule has 14 heteroatoms. The smallest absolute Gasteiger partial charge is 0.235 e. The summed E-state index contributed by atoms with van der Waals surface area (Å²) < 4.78 is 52.4. The van der Waals surface area contributed by atoms with E-state index in [4.69, 9.17) is 35.7 Å². The van der Waals surface area contributed by atoms with Crippen molar-refractivity contribution in [2.24, 2.45) is 4.99 Å². The summed E-state index contributed by atoms with van der Waals surface area (Å²) >= 11 is 6.34. The van der Waals surface area contributed by atoms with Crippen molar-refractivity contribution in [2.75, 3.05) is 45.0 Å². The molecule has 11 nitrogen and oxygen atoms in total. The van der Waals surface area contributed by atoms with Crippen LogP contribution >= 0.6 is 11.6 Å². The summed E-state index contributed by atoms with van der Waals surface area (Å²) in [6, 6.07) is 3.94. The van der Waals surface area contributed by atoms with Gasteiger partial charge >= 0.3 is 0 Å². The third-order valence-electron chi connectivity index (χ3n) is 7.37. The number of nitrogens with one attached hydrogen (secondary N) is 1. The van der Waals surface area contributed by atoms with Gasteiger partial charge in [0.2, 0.25) is 11.8 Å². The number of halogens is 3. The summed E-state index contributed by atoms with van der Waals surface area (Å²) in [6.45, 7) is 4.01. The number of hydrogen-bond acceptors (Lipinski definition) is 10. The average molecular weight is 609 g/mol. The summed E-state index contributed by atoms with van der Waals surface area (Å²) in [7, 11) is 0. The first kappa shape index (κ1) is 30.3. The monoisotopic (exact) mass is 608 g/mol. The Morgan fingerprint density at radius 3 is 2.69 bits per heavy atom. The first-order chi connectivity index (χ1) is 20.3. The molecular weight excluding hydrogens is 578 g/mol. The second kappa shape index (κ2) is 13.4. The molecule has 2 aromatic rings. The van der Waals surface area contributed by atoms with Crippen molar-refractivity contribution >= 4 is 41.3 Å². The minimum atomic E-state index is -0.796. The van der Waals surface area contributed by atoms with Crippen LogP contribution in [-0.2, 0) is 25.6 Å². The van der Waals surface area contributed by atoms with E-state index in [0.717, 1.165) is 5.57 Å². The second-order valence-corrected chi connectivity index (χ2v) is 10.4. The normalized spacial score (nSPS) is 23.5. The number of pyridine rings is 1. The maximum Gasteiger partial charge on any atom is 0.235 e. The zero-order valence-electron chi connectivity index (χ0n) is 22.6. The number of aromatic nitrogens is 1. The Hall–Kier alpha value is -3.20. The number of carbonyl (C=O) groups excluding carboxylic acids is 1. The lowest BCUT2D eigenvalue weighted by atomic mass is 9.97. The number of fused-ring (bicyclic) bond motifs is 1. The first-order valence-corrected chi connectivity index (χ1v) is 13.8. The van der Waals surface area contributed by atoms with Gasteiger partial charge in [0.1, 0.15) is 54.4 Å². The van der Waals surface area contributed by atoms with Gasteiger partial charge in [0, 0.05) is 19.5 Å². The predicted octanol–water partition coefficient (Wildman–Crippen LogP) is 2.84. The van der Waals surface area contributed by atoms with E-state index < -0.39 is 30.4 Å². The van der Waals surface area contributed by atoms with Crippen LogP contribution in [0.2, 0.25) is 5.02 Å². The van der Waals surface area contributed by atoms with Gasteiger partial charge in [-0.1, -0.05) is 17.7 Å². The van der Waals surface area contributed by atoms with Gasteiger partial charge in [0.05, 0.1) is 31.1 Å². The number of rotatable bonds is 11. The lowest BCUT2D eigenvalue weighted by Crippen LogP contribution is -2.35. The van der Waals surface area contributed by atoms with Gasteiger partial charge < -0.3 is 39.4 Å². The van der Waals surface area contributed by atoms with E-state index in [1.54, 1.807) is 11.0 Å². The van der Waals surface area contributed by atoms with Crippen LogP contribution in [0.3, 0.4) is 0 Å². The maximum atomic E-state index is 15.0. The lowest BCUT2D eigenvalue weighted by Gasteiger charge is -2.26. The van der Waals surface area contributed by atoms with Gasteiger partial charge in [-0.2, -0.15) is 4.98 Å². The van der Waals surface area contributed by atoms with Crippen LogP contribution in [0.15, 0.2) is 29.3 Å². The van der Waals surface area contributed by atoms with E-state index in [1.807, 2.05) is 0 Å². The Balaban J connectivity index is 1.19. The van der Waals surface area contributed by atoms with E-state index in [9.17, 15) is 18.7 Å². The molecule has 226 valence electrons. The van der Waals surface area contributed by atoms with Crippen molar-refractivity contribution in [1.29, 1.82) is 0 Å². The number of aliphatic imine (C=N–C) groups is 1. The van der Waals surface area contributed by atoms with Gasteiger partial charge in [0.25, 0.3) is 0 Å². The highest BCUT2D eigenvalue weighted by Crippen LogP contribution is 2.34. The fraction of sp³-hybridized carbons (Fsp3) is 0.464. The molecule has 1 amide bonds. The van der Waals surface area contributed by atoms with Crippen molar-refractivity contribution < 1.29 is 42.7 Å². The average Bonchev–Trinajstić information content (AvgIpc) is 3.56. The molecular formula is C28H31ClF2N4O7. The molecule has 42 heavy (non-hydrogen) atoms. The molecule has 1 aromatic carbocycles. The van der Waals surface area contributed by atoms with Gasteiger partial charge in [-0.05, 0) is 42.5 Å². The number of benzene rings is 1. The fourth-order valence-corrected chi connectivity index (χ4v) is 5.31. The highest BCUT2D eigenvalue weighted by Gasteiger charge is 2.47. The minimum absolute atomic E-state index is 0.0354. The highest BCUT2D eigenvalue weighted by atomic mass is 35.5. The SMILES string of the molecule is C=Nc1nc(OCc2c(F)cc(C3=CCN(C(=O)CCO)CC3)cc2F)c(Cl)cc1NCO[C@@H]1CO[C@H]2[C@@H]1OC[C@H]2O. The fourth-order valence-electron chi connectivity index (χ4n) is 5.11. The van der Waals surface area contributed by atoms with E-state index in [2.05, 4.69) is 22.0 Å². The van der Waals surface area contributed by atoms with E-state index in [0.29, 0.717) is 30.8 Å². The zero-order chi connectivity index (χ0) is 29.8. The molecule has 0 unspecified atom stereocenters. The summed E-state index contributed by atoms with van der Waals surface area (Å²) in [6.07, 6.45) is 0.404. The van der Waals surface area contributed by atoms with Crippen LogP contribution < -0.4 is 10.1 Å². The van der Waals surface area contributed by atoms with Crippen molar-refractivity contribution in [1.82, 2.24) is 9.88 Å². The van der Waals surface area contributed by atoms with Crippen LogP contribution in [0.5, 0.6) is 5.88 Å². The van der Waals surface area contributed by atoms with Gasteiger partial charge in [-0.3, -0.25) is 4.79 Å². The number of anilines is 1. The Morgan fingerprint density at radius 2 is 2.00 bits per heavy atom. The molecule has 0 aliphatic carbocycles. The second-order valence-electron chi connectivity index (χ2n) is 9.99. The van der Waals surface area contributed by atoms with Crippen LogP contribution in [0, 0.1) is 11.6 Å². The van der Waals surface area contributed by atoms with Gasteiger partial charge in [-0.15, -0.1) is 0 Å². The molecule has 2 saturated heterocycles. The topological polar surface area (TPSA) is 135 Å². The maximum absolute atomic E-state index is 15.0. The third kappa shape index (κ3) is 6.56. The van der Waals surface area contributed by atoms with Crippen LogP contribution in [0.25, 0.3) is 5.57 Å². The molecule has 0 spiro atoms. The lowest BCUT2D eigenvalue weighted by molar-refractivity contribution is -0.131. The number of carbonyl (C=O) groups is 1. The number of aliphatic hydroxyl groups excluding tert-OH is 2. The Kier molecular flexibility index (Phi) is 9.66. The third-order valence-corrected chi connectivity index (χ3v) is 7.64. The van der Waals surface area contributed by atoms with Gasteiger partial charge in [-0.25, -0.2) is 13.8 Å². The highest BCUT2D eigenvalue weighted by molar-refractivity contribution is 6.32. The van der Waals surface area contributed by atoms with E-state index in [-0.39, 0.29) is 73.4 Å². The van der Waals surface area contributed by atoms with E-state index in [1.165, 1.54) is 18.2 Å². The molecule has 0 radical (unpaired) electrons. The van der Waals surface area contributed by atoms with Crippen LogP contribution in [-0.4, -0.2) is 96.8 Å². The predicted molar refractivity (Wildman–Crippen MR) is 149 cm³/mol. The number of aliphatic hydroxyl groups is 2.